The average Bonchev–Trinajstić information content (AvgIpc) is 2.38. The Kier molecular flexibility index (Phi) is 1.35. The molecule has 0 radical (unpaired) electrons. The molecule has 0 aromatic carbocycles. The van der Waals surface area contributed by atoms with Crippen molar-refractivity contribution >= 4 is 0 Å². The van der Waals surface area contributed by atoms with Gasteiger partial charge in [-0.3, -0.25) is 0 Å². The van der Waals surface area contributed by atoms with Gasteiger partial charge in [-0.2, -0.15) is 13.2 Å². The highest BCUT2D eigenvalue weighted by atomic mass is 19.4. The number of alkyl halides is 3. The van der Waals surface area contributed by atoms with Gasteiger partial charge in [0.2, 0.25) is 0 Å². The molecule has 0 spiro atoms. The van der Waals surface area contributed by atoms with Gasteiger partial charge in [-0.1, -0.05) is 12.2 Å². The number of allylic oxidation sites excluding steroid dienone is 4. The van der Waals surface area contributed by atoms with E-state index < -0.39 is 6.18 Å². The van der Waals surface area contributed by atoms with E-state index in [-0.39, 0.29) is 6.08 Å². The smallest absolute Gasteiger partial charge is 0.167 e. The monoisotopic (exact) mass is 134 g/mol. The van der Waals surface area contributed by atoms with Crippen LogP contribution in [0.5, 0.6) is 0 Å². The lowest BCUT2D eigenvalue weighted by atomic mass is 10.4. The molecule has 1 aliphatic carbocycles. The molecule has 0 aromatic rings. The van der Waals surface area contributed by atoms with Crippen molar-refractivity contribution in [1.82, 2.24) is 0 Å². The van der Waals surface area contributed by atoms with Crippen molar-refractivity contribution in [3.05, 3.63) is 23.8 Å². The van der Waals surface area contributed by atoms with E-state index in [1.165, 1.54) is 0 Å². The molecule has 0 atom stereocenters. The summed E-state index contributed by atoms with van der Waals surface area (Å²) in [7, 11) is 0. The number of rotatable bonds is 1. The molecule has 1 rings (SSSR count). The van der Waals surface area contributed by atoms with Crippen LogP contribution in [0.25, 0.3) is 0 Å². The van der Waals surface area contributed by atoms with Crippen LogP contribution in [0.1, 0.15) is 6.42 Å². The molecule has 50 valence electrons. The fraction of sp³-hybridized carbons (Fsp3) is 0.333. The molecule has 0 amide bonds. The van der Waals surface area contributed by atoms with Crippen molar-refractivity contribution in [2.45, 2.75) is 12.6 Å². The van der Waals surface area contributed by atoms with Crippen LogP contribution in [-0.4, -0.2) is 6.18 Å². The third kappa shape index (κ3) is 2.95. The molecule has 0 nitrogen and oxygen atoms in total. The average molecular weight is 134 g/mol. The van der Waals surface area contributed by atoms with Gasteiger partial charge in [-0.25, -0.2) is 0 Å². The van der Waals surface area contributed by atoms with Crippen molar-refractivity contribution < 1.29 is 13.2 Å². The lowest BCUT2D eigenvalue weighted by molar-refractivity contribution is -0.0798. The van der Waals surface area contributed by atoms with Gasteiger partial charge in [0.15, 0.2) is 0 Å². The highest BCUT2D eigenvalue weighted by molar-refractivity contribution is 5.33. The quantitative estimate of drug-likeness (QED) is 0.516. The summed E-state index contributed by atoms with van der Waals surface area (Å²) in [6.45, 7) is 0. The first-order chi connectivity index (χ1) is 4.08. The number of hydrogen-bond acceptors (Lipinski definition) is 0. The molecule has 0 bridgehead atoms. The molecule has 0 unspecified atom stereocenters. The zero-order valence-corrected chi connectivity index (χ0v) is 4.57. The predicted molar refractivity (Wildman–Crippen MR) is 27.9 cm³/mol. The first kappa shape index (κ1) is 6.39. The van der Waals surface area contributed by atoms with Crippen LogP contribution in [-0.2, 0) is 0 Å². The van der Waals surface area contributed by atoms with Gasteiger partial charge in [0.05, 0.1) is 0 Å². The minimum absolute atomic E-state index is 0.256. The normalized spacial score (nSPS) is 18.3. The fourth-order valence-corrected chi connectivity index (χ4v) is 0.397. The molecule has 0 fully saturated rings. The molecular weight excluding hydrogens is 129 g/mol. The van der Waals surface area contributed by atoms with Gasteiger partial charge in [-0.05, 0) is 12.0 Å². The summed E-state index contributed by atoms with van der Waals surface area (Å²) in [4.78, 5) is 0. The third-order valence-corrected chi connectivity index (χ3v) is 0.926. The van der Waals surface area contributed by atoms with Crippen LogP contribution in [0, 0.1) is 0 Å². The summed E-state index contributed by atoms with van der Waals surface area (Å²) in [6.07, 6.45) is -0.343. The minimum Gasteiger partial charge on any atom is -0.167 e. The van der Waals surface area contributed by atoms with Crippen LogP contribution in [0.2, 0.25) is 0 Å². The van der Waals surface area contributed by atoms with Crippen molar-refractivity contribution in [2.24, 2.45) is 0 Å². The summed E-state index contributed by atoms with van der Waals surface area (Å²) in [6, 6.07) is 0. The van der Waals surface area contributed by atoms with Crippen LogP contribution < -0.4 is 0 Å². The topological polar surface area (TPSA) is 0 Å². The van der Waals surface area contributed by atoms with E-state index in [0.717, 1.165) is 11.6 Å². The summed E-state index contributed by atoms with van der Waals surface area (Å²) in [5.41, 5.74) is 0.771. The molecule has 0 saturated carbocycles. The van der Waals surface area contributed by atoms with Crippen LogP contribution in [0.15, 0.2) is 23.8 Å². The molecule has 0 aliphatic heterocycles. The first-order valence-corrected chi connectivity index (χ1v) is 2.53. The van der Waals surface area contributed by atoms with Crippen molar-refractivity contribution in [1.29, 1.82) is 0 Å². The van der Waals surface area contributed by atoms with E-state index in [1.54, 1.807) is 6.08 Å². The Labute approximate surface area is 50.7 Å². The molecule has 1 aliphatic rings. The Balaban J connectivity index is 2.38. The van der Waals surface area contributed by atoms with Gasteiger partial charge in [0, 0.05) is 6.08 Å². The van der Waals surface area contributed by atoms with Crippen molar-refractivity contribution in [3.8, 4) is 0 Å². The number of halogens is 3. The largest absolute Gasteiger partial charge is 0.409 e. The van der Waals surface area contributed by atoms with E-state index >= 15 is 0 Å². The molecule has 0 saturated heterocycles. The van der Waals surface area contributed by atoms with Crippen LogP contribution >= 0.6 is 0 Å². The fourth-order valence-electron chi connectivity index (χ4n) is 0.397. The molecular formula is C6H5F3. The Morgan fingerprint density at radius 3 is 2.33 bits per heavy atom. The Bertz CT molecular complexity index is 162. The number of hydrogen-bond donors (Lipinski definition) is 0. The summed E-state index contributed by atoms with van der Waals surface area (Å²) < 4.78 is 34.0. The molecule has 3 heteroatoms. The van der Waals surface area contributed by atoms with Gasteiger partial charge in [0.25, 0.3) is 0 Å². The third-order valence-electron chi connectivity index (χ3n) is 0.926. The summed E-state index contributed by atoms with van der Waals surface area (Å²) in [5.74, 6) is 0. The Morgan fingerprint density at radius 2 is 2.00 bits per heavy atom. The summed E-state index contributed by atoms with van der Waals surface area (Å²) >= 11 is 0. The van der Waals surface area contributed by atoms with Gasteiger partial charge >= 0.3 is 6.18 Å². The maximum Gasteiger partial charge on any atom is 0.409 e. The molecule has 9 heavy (non-hydrogen) atoms. The molecule has 0 aromatic heterocycles. The zero-order valence-electron chi connectivity index (χ0n) is 4.57. The molecule has 0 N–H and O–H groups in total. The predicted octanol–water partition coefficient (Wildman–Crippen LogP) is 2.44. The zero-order chi connectivity index (χ0) is 6.91. The maximum atomic E-state index is 11.3. The highest BCUT2D eigenvalue weighted by Crippen LogP contribution is 2.23. The minimum atomic E-state index is -4.15. The van der Waals surface area contributed by atoms with E-state index in [4.69, 9.17) is 0 Å². The van der Waals surface area contributed by atoms with Gasteiger partial charge in [0.1, 0.15) is 0 Å². The van der Waals surface area contributed by atoms with E-state index in [9.17, 15) is 13.2 Å². The summed E-state index contributed by atoms with van der Waals surface area (Å²) in [5, 5.41) is 0. The Hall–Kier alpha value is -0.730. The lowest BCUT2D eigenvalue weighted by Crippen LogP contribution is -1.99. The SMILES string of the molecule is FC(F)(F)C=CC1=CC1. The standard InChI is InChI=1S/C6H5F3/c7-6(8,9)4-3-5-1-2-5/h1,3-4H,2H2. The second kappa shape index (κ2) is 1.90. The van der Waals surface area contributed by atoms with Crippen molar-refractivity contribution in [3.63, 3.8) is 0 Å². The lowest BCUT2D eigenvalue weighted by Gasteiger charge is -1.94. The van der Waals surface area contributed by atoms with Gasteiger partial charge < -0.3 is 0 Å². The second-order valence-electron chi connectivity index (χ2n) is 1.86. The van der Waals surface area contributed by atoms with E-state index in [0.29, 0.717) is 6.42 Å². The van der Waals surface area contributed by atoms with Crippen LogP contribution in [0.4, 0.5) is 13.2 Å². The van der Waals surface area contributed by atoms with E-state index in [1.807, 2.05) is 0 Å². The van der Waals surface area contributed by atoms with Gasteiger partial charge in [-0.15, -0.1) is 0 Å². The Morgan fingerprint density at radius 1 is 1.44 bits per heavy atom. The first-order valence-electron chi connectivity index (χ1n) is 2.53. The van der Waals surface area contributed by atoms with Crippen LogP contribution in [0.3, 0.4) is 0 Å². The van der Waals surface area contributed by atoms with Crippen molar-refractivity contribution in [2.75, 3.05) is 0 Å². The maximum absolute atomic E-state index is 11.3. The van der Waals surface area contributed by atoms with E-state index in [2.05, 4.69) is 0 Å². The highest BCUT2D eigenvalue weighted by Gasteiger charge is 2.22. The second-order valence-corrected chi connectivity index (χ2v) is 1.86. The molecule has 0 heterocycles.